The number of thiazole rings is 1. The Morgan fingerprint density at radius 2 is 2.16 bits per heavy atom. The molecular formula is C14H24N2O2S. The summed E-state index contributed by atoms with van der Waals surface area (Å²) in [5, 5.41) is 13.5. The molecule has 2 unspecified atom stereocenters. The maximum Gasteiger partial charge on any atom is 0.263 e. The van der Waals surface area contributed by atoms with E-state index in [1.807, 2.05) is 13.8 Å². The van der Waals surface area contributed by atoms with Crippen molar-refractivity contribution in [1.29, 1.82) is 0 Å². The first-order chi connectivity index (χ1) is 8.75. The third-order valence-electron chi connectivity index (χ3n) is 3.14. The molecule has 0 saturated carbocycles. The molecule has 1 rings (SSSR count). The van der Waals surface area contributed by atoms with Gasteiger partial charge in [0.25, 0.3) is 5.91 Å². The minimum atomic E-state index is -0.496. The SMILES string of the molecule is CCC(C)C(O)CNC(=O)c1cnc(C(C)(C)C)s1. The third-order valence-corrected chi connectivity index (χ3v) is 4.57. The van der Waals surface area contributed by atoms with Crippen molar-refractivity contribution in [2.24, 2.45) is 5.92 Å². The molecule has 0 aromatic carbocycles. The molecule has 2 N–H and O–H groups in total. The van der Waals surface area contributed by atoms with Gasteiger partial charge in [-0.15, -0.1) is 11.3 Å². The highest BCUT2D eigenvalue weighted by atomic mass is 32.1. The van der Waals surface area contributed by atoms with Gasteiger partial charge >= 0.3 is 0 Å². The molecule has 5 heteroatoms. The van der Waals surface area contributed by atoms with Crippen molar-refractivity contribution >= 4 is 17.2 Å². The lowest BCUT2D eigenvalue weighted by Crippen LogP contribution is -2.35. The number of nitrogens with one attached hydrogen (secondary N) is 1. The highest BCUT2D eigenvalue weighted by Gasteiger charge is 2.21. The zero-order valence-electron chi connectivity index (χ0n) is 12.4. The molecule has 19 heavy (non-hydrogen) atoms. The van der Waals surface area contributed by atoms with E-state index in [9.17, 15) is 9.90 Å². The molecular weight excluding hydrogens is 260 g/mol. The minimum Gasteiger partial charge on any atom is -0.391 e. The van der Waals surface area contributed by atoms with E-state index in [2.05, 4.69) is 31.1 Å². The summed E-state index contributed by atoms with van der Waals surface area (Å²) < 4.78 is 0. The van der Waals surface area contributed by atoms with Crippen LogP contribution in [-0.2, 0) is 5.41 Å². The highest BCUT2D eigenvalue weighted by molar-refractivity contribution is 7.13. The number of rotatable bonds is 5. The third kappa shape index (κ3) is 4.58. The lowest BCUT2D eigenvalue weighted by Gasteiger charge is -2.17. The van der Waals surface area contributed by atoms with Crippen LogP contribution in [0.25, 0.3) is 0 Å². The number of aromatic nitrogens is 1. The molecule has 2 atom stereocenters. The molecule has 0 fully saturated rings. The quantitative estimate of drug-likeness (QED) is 0.873. The predicted molar refractivity (Wildman–Crippen MR) is 78.6 cm³/mol. The van der Waals surface area contributed by atoms with Crippen LogP contribution in [0.1, 0.15) is 55.7 Å². The van der Waals surface area contributed by atoms with Gasteiger partial charge in [-0.25, -0.2) is 4.98 Å². The summed E-state index contributed by atoms with van der Waals surface area (Å²) >= 11 is 1.41. The van der Waals surface area contributed by atoms with Gasteiger partial charge in [0.05, 0.1) is 17.3 Å². The summed E-state index contributed by atoms with van der Waals surface area (Å²) in [6.07, 6.45) is 2.01. The molecule has 0 bridgehead atoms. The van der Waals surface area contributed by atoms with Crippen LogP contribution < -0.4 is 5.32 Å². The molecule has 108 valence electrons. The van der Waals surface area contributed by atoms with Crippen molar-refractivity contribution in [3.8, 4) is 0 Å². The maximum atomic E-state index is 11.9. The van der Waals surface area contributed by atoms with Crippen LogP contribution in [0.3, 0.4) is 0 Å². The zero-order valence-corrected chi connectivity index (χ0v) is 13.2. The maximum absolute atomic E-state index is 11.9. The summed E-state index contributed by atoms with van der Waals surface area (Å²) in [7, 11) is 0. The van der Waals surface area contributed by atoms with Crippen LogP contribution in [0.15, 0.2) is 6.20 Å². The normalized spacial score (nSPS) is 15.1. The fraction of sp³-hybridized carbons (Fsp3) is 0.714. The number of nitrogens with zero attached hydrogens (tertiary/aromatic N) is 1. The van der Waals surface area contributed by atoms with E-state index >= 15 is 0 Å². The highest BCUT2D eigenvalue weighted by Crippen LogP contribution is 2.26. The van der Waals surface area contributed by atoms with Gasteiger partial charge in [0.2, 0.25) is 0 Å². The Morgan fingerprint density at radius 1 is 1.53 bits per heavy atom. The van der Waals surface area contributed by atoms with Crippen molar-refractivity contribution < 1.29 is 9.90 Å². The van der Waals surface area contributed by atoms with Crippen molar-refractivity contribution in [2.45, 2.75) is 52.6 Å². The van der Waals surface area contributed by atoms with E-state index in [1.165, 1.54) is 11.3 Å². The molecule has 4 nitrogen and oxygen atoms in total. The predicted octanol–water partition coefficient (Wildman–Crippen LogP) is 2.58. The van der Waals surface area contributed by atoms with Gasteiger partial charge in [0.1, 0.15) is 4.88 Å². The summed E-state index contributed by atoms with van der Waals surface area (Å²) in [6.45, 7) is 10.5. The van der Waals surface area contributed by atoms with Gasteiger partial charge in [-0.1, -0.05) is 41.0 Å². The summed E-state index contributed by atoms with van der Waals surface area (Å²) in [5.74, 6) is 0.0299. The molecule has 0 radical (unpaired) electrons. The van der Waals surface area contributed by atoms with Crippen LogP contribution in [0.5, 0.6) is 0 Å². The average Bonchev–Trinajstić information content (AvgIpc) is 2.83. The van der Waals surface area contributed by atoms with Gasteiger partial charge in [-0.3, -0.25) is 4.79 Å². The number of amides is 1. The van der Waals surface area contributed by atoms with E-state index in [1.54, 1.807) is 6.20 Å². The molecule has 0 aliphatic rings. The molecule has 1 amide bonds. The van der Waals surface area contributed by atoms with Crippen LogP contribution in [0.2, 0.25) is 0 Å². The van der Waals surface area contributed by atoms with Gasteiger partial charge in [0.15, 0.2) is 0 Å². The zero-order chi connectivity index (χ0) is 14.6. The largest absolute Gasteiger partial charge is 0.391 e. The van der Waals surface area contributed by atoms with Crippen LogP contribution >= 0.6 is 11.3 Å². The first-order valence-electron chi connectivity index (χ1n) is 6.68. The Hall–Kier alpha value is -0.940. The van der Waals surface area contributed by atoms with E-state index in [4.69, 9.17) is 0 Å². The summed E-state index contributed by atoms with van der Waals surface area (Å²) in [6, 6.07) is 0. The fourth-order valence-corrected chi connectivity index (χ4v) is 2.37. The average molecular weight is 284 g/mol. The van der Waals surface area contributed by atoms with Crippen molar-refractivity contribution in [2.75, 3.05) is 6.54 Å². The summed E-state index contributed by atoms with van der Waals surface area (Å²) in [4.78, 5) is 16.8. The van der Waals surface area contributed by atoms with E-state index in [0.29, 0.717) is 4.88 Å². The van der Waals surface area contributed by atoms with E-state index < -0.39 is 6.10 Å². The van der Waals surface area contributed by atoms with Gasteiger partial charge in [0, 0.05) is 12.0 Å². The first kappa shape index (κ1) is 16.1. The topological polar surface area (TPSA) is 62.2 Å². The number of aliphatic hydroxyl groups excluding tert-OH is 1. The molecule has 0 spiro atoms. The van der Waals surface area contributed by atoms with Gasteiger partial charge < -0.3 is 10.4 Å². The Bertz CT molecular complexity index is 423. The fourth-order valence-electron chi connectivity index (χ4n) is 1.48. The molecule has 1 heterocycles. The van der Waals surface area contributed by atoms with Crippen LogP contribution in [-0.4, -0.2) is 28.6 Å². The van der Waals surface area contributed by atoms with E-state index in [0.717, 1.165) is 11.4 Å². The van der Waals surface area contributed by atoms with Gasteiger partial charge in [-0.2, -0.15) is 0 Å². The Kier molecular flexibility index (Phi) is 5.50. The Balaban J connectivity index is 2.57. The van der Waals surface area contributed by atoms with Crippen LogP contribution in [0, 0.1) is 5.92 Å². The van der Waals surface area contributed by atoms with Gasteiger partial charge in [-0.05, 0) is 5.92 Å². The van der Waals surface area contributed by atoms with Crippen molar-refractivity contribution in [3.05, 3.63) is 16.1 Å². The second kappa shape index (κ2) is 6.48. The van der Waals surface area contributed by atoms with E-state index in [-0.39, 0.29) is 23.8 Å². The Labute approximate surface area is 119 Å². The van der Waals surface area contributed by atoms with Crippen molar-refractivity contribution in [3.63, 3.8) is 0 Å². The molecule has 0 saturated heterocycles. The smallest absolute Gasteiger partial charge is 0.263 e. The molecule has 0 aliphatic carbocycles. The lowest BCUT2D eigenvalue weighted by molar-refractivity contribution is 0.0853. The number of hydrogen-bond acceptors (Lipinski definition) is 4. The standard InChI is InChI=1S/C14H24N2O2S/c1-6-9(2)10(17)7-15-12(18)11-8-16-13(19-11)14(3,4)5/h8-10,17H,6-7H2,1-5H3,(H,15,18). The number of hydrogen-bond donors (Lipinski definition) is 2. The second-order valence-electron chi connectivity index (χ2n) is 5.94. The summed E-state index contributed by atoms with van der Waals surface area (Å²) in [5.41, 5.74) is -0.0422. The van der Waals surface area contributed by atoms with Crippen LogP contribution in [0.4, 0.5) is 0 Å². The first-order valence-corrected chi connectivity index (χ1v) is 7.50. The van der Waals surface area contributed by atoms with Crippen molar-refractivity contribution in [1.82, 2.24) is 10.3 Å². The number of carbonyl (C=O) groups is 1. The Morgan fingerprint density at radius 3 is 2.63 bits per heavy atom. The number of carbonyl (C=O) groups excluding carboxylic acids is 1. The second-order valence-corrected chi connectivity index (χ2v) is 6.97. The molecule has 1 aromatic rings. The number of aliphatic hydroxyl groups is 1. The molecule has 1 aromatic heterocycles. The minimum absolute atomic E-state index is 0.0422. The molecule has 0 aliphatic heterocycles. The lowest BCUT2D eigenvalue weighted by atomic mass is 9.98. The monoisotopic (exact) mass is 284 g/mol.